The van der Waals surface area contributed by atoms with Crippen molar-refractivity contribution in [2.45, 2.75) is 25.9 Å². The summed E-state index contributed by atoms with van der Waals surface area (Å²) in [6.07, 6.45) is -3.07. The molecule has 2 aromatic carbocycles. The summed E-state index contributed by atoms with van der Waals surface area (Å²) in [6.45, 7) is 2.15. The number of nitrogens with one attached hydrogen (secondary N) is 2. The molecule has 0 bridgehead atoms. The van der Waals surface area contributed by atoms with Gasteiger partial charge in [-0.15, -0.1) is 0 Å². The molecule has 0 saturated carbocycles. The Morgan fingerprint density at radius 3 is 2.34 bits per heavy atom. The first kappa shape index (κ1) is 21.9. The van der Waals surface area contributed by atoms with Crippen molar-refractivity contribution in [2.75, 3.05) is 17.2 Å². The van der Waals surface area contributed by atoms with Crippen LogP contribution in [0.2, 0.25) is 0 Å². The molecule has 2 N–H and O–H groups in total. The summed E-state index contributed by atoms with van der Waals surface area (Å²) in [5.41, 5.74) is -1.04. The first-order valence-corrected chi connectivity index (χ1v) is 8.78. The molecule has 154 valence electrons. The zero-order valence-electron chi connectivity index (χ0n) is 15.5. The van der Waals surface area contributed by atoms with Crippen LogP contribution in [0.25, 0.3) is 0 Å². The van der Waals surface area contributed by atoms with Crippen LogP contribution in [0.1, 0.15) is 35.7 Å². The van der Waals surface area contributed by atoms with Gasteiger partial charge in [0.1, 0.15) is 0 Å². The Bertz CT molecular complexity index is 897. The average Bonchev–Trinajstić information content (AvgIpc) is 2.68. The Labute approximate surface area is 165 Å². The van der Waals surface area contributed by atoms with E-state index in [9.17, 15) is 27.6 Å². The van der Waals surface area contributed by atoms with Gasteiger partial charge in [-0.25, -0.2) is 4.79 Å². The highest BCUT2D eigenvalue weighted by Crippen LogP contribution is 2.30. The van der Waals surface area contributed by atoms with Gasteiger partial charge in [0.15, 0.2) is 0 Å². The Morgan fingerprint density at radius 1 is 0.966 bits per heavy atom. The van der Waals surface area contributed by atoms with Crippen molar-refractivity contribution in [1.29, 1.82) is 0 Å². The molecule has 0 spiro atoms. The molecule has 0 aromatic heterocycles. The number of carbonyl (C=O) groups excluding carboxylic acids is 3. The molecule has 2 aromatic rings. The number of amides is 2. The number of rotatable bonds is 6. The Hall–Kier alpha value is -3.36. The van der Waals surface area contributed by atoms with Crippen molar-refractivity contribution in [3.8, 4) is 0 Å². The van der Waals surface area contributed by atoms with Crippen molar-refractivity contribution in [3.05, 3.63) is 59.7 Å². The molecule has 0 radical (unpaired) electrons. The van der Waals surface area contributed by atoms with Gasteiger partial charge in [-0.1, -0.05) is 31.5 Å². The minimum absolute atomic E-state index is 0.0539. The molecule has 0 unspecified atom stereocenters. The zero-order chi connectivity index (χ0) is 21.4. The zero-order valence-corrected chi connectivity index (χ0v) is 15.5. The number of carbonyl (C=O) groups is 3. The molecule has 0 heterocycles. The summed E-state index contributed by atoms with van der Waals surface area (Å²) in [7, 11) is 0. The van der Waals surface area contributed by atoms with Crippen molar-refractivity contribution >= 4 is 29.2 Å². The lowest BCUT2D eigenvalue weighted by atomic mass is 10.1. The lowest BCUT2D eigenvalue weighted by Gasteiger charge is -2.12. The van der Waals surface area contributed by atoms with Crippen molar-refractivity contribution in [3.63, 3.8) is 0 Å². The third-order valence-corrected chi connectivity index (χ3v) is 3.78. The number of ether oxygens (including phenoxy) is 1. The summed E-state index contributed by atoms with van der Waals surface area (Å²) < 4.78 is 43.3. The summed E-state index contributed by atoms with van der Waals surface area (Å²) in [4.78, 5) is 36.3. The summed E-state index contributed by atoms with van der Waals surface area (Å²) in [5.74, 6) is -2.98. The van der Waals surface area contributed by atoms with Crippen LogP contribution in [0, 0.1) is 0 Å². The van der Waals surface area contributed by atoms with E-state index >= 15 is 0 Å². The molecule has 0 aliphatic rings. The summed E-state index contributed by atoms with van der Waals surface area (Å²) in [5, 5.41) is 4.37. The van der Waals surface area contributed by atoms with Gasteiger partial charge in [0.2, 0.25) is 0 Å². The number of anilines is 2. The van der Waals surface area contributed by atoms with E-state index < -0.39 is 29.5 Å². The highest BCUT2D eigenvalue weighted by molar-refractivity contribution is 6.43. The standard InChI is InChI=1S/C20H19F3N2O4/c1-2-3-11-29-19(28)15-9-4-5-10-16(15)25-18(27)17(26)24-14-8-6-7-13(12-14)20(21,22)23/h4-10,12H,2-3,11H2,1H3,(H,24,26)(H,25,27). The lowest BCUT2D eigenvalue weighted by molar-refractivity contribution is -0.137. The van der Waals surface area contributed by atoms with Crippen LogP contribution in [0.3, 0.4) is 0 Å². The maximum absolute atomic E-state index is 12.7. The molecule has 0 aliphatic heterocycles. The average molecular weight is 408 g/mol. The maximum Gasteiger partial charge on any atom is 0.416 e. The number of esters is 1. The largest absolute Gasteiger partial charge is 0.462 e. The minimum Gasteiger partial charge on any atom is -0.462 e. The van der Waals surface area contributed by atoms with Gasteiger partial charge in [0.25, 0.3) is 0 Å². The van der Waals surface area contributed by atoms with Gasteiger partial charge >= 0.3 is 24.0 Å². The van der Waals surface area contributed by atoms with Crippen LogP contribution in [-0.4, -0.2) is 24.4 Å². The van der Waals surface area contributed by atoms with Gasteiger partial charge in [-0.2, -0.15) is 13.2 Å². The number of benzene rings is 2. The summed E-state index contributed by atoms with van der Waals surface area (Å²) in [6, 6.07) is 9.83. The maximum atomic E-state index is 12.7. The third kappa shape index (κ3) is 6.34. The molecule has 29 heavy (non-hydrogen) atoms. The normalized spacial score (nSPS) is 10.9. The lowest BCUT2D eigenvalue weighted by Crippen LogP contribution is -2.30. The van der Waals surface area contributed by atoms with E-state index in [2.05, 4.69) is 10.6 Å². The topological polar surface area (TPSA) is 84.5 Å². The van der Waals surface area contributed by atoms with Crippen molar-refractivity contribution in [1.82, 2.24) is 0 Å². The van der Waals surface area contributed by atoms with Crippen LogP contribution >= 0.6 is 0 Å². The van der Waals surface area contributed by atoms with E-state index in [0.717, 1.165) is 18.6 Å². The number of halogens is 3. The Balaban J connectivity index is 2.07. The molecule has 0 saturated heterocycles. The van der Waals surface area contributed by atoms with E-state index in [1.54, 1.807) is 12.1 Å². The second kappa shape index (κ2) is 9.72. The van der Waals surface area contributed by atoms with Crippen LogP contribution in [0.5, 0.6) is 0 Å². The molecule has 0 aliphatic carbocycles. The van der Waals surface area contributed by atoms with Gasteiger partial charge < -0.3 is 15.4 Å². The number of para-hydroxylation sites is 1. The fourth-order valence-electron chi connectivity index (χ4n) is 2.30. The number of unbranched alkanes of at least 4 members (excludes halogenated alkanes) is 1. The number of hydrogen-bond acceptors (Lipinski definition) is 4. The highest BCUT2D eigenvalue weighted by Gasteiger charge is 2.30. The molecule has 2 amide bonds. The van der Waals surface area contributed by atoms with Crippen LogP contribution in [-0.2, 0) is 20.5 Å². The molecule has 6 nitrogen and oxygen atoms in total. The van der Waals surface area contributed by atoms with Crippen LogP contribution in [0.15, 0.2) is 48.5 Å². The first-order chi connectivity index (χ1) is 13.7. The Kier molecular flexibility index (Phi) is 7.35. The predicted molar refractivity (Wildman–Crippen MR) is 100 cm³/mol. The first-order valence-electron chi connectivity index (χ1n) is 8.78. The quantitative estimate of drug-likeness (QED) is 0.425. The fourth-order valence-corrected chi connectivity index (χ4v) is 2.30. The van der Waals surface area contributed by atoms with E-state index in [1.807, 2.05) is 6.92 Å². The molecule has 9 heteroatoms. The van der Waals surface area contributed by atoms with Crippen LogP contribution in [0.4, 0.5) is 24.5 Å². The minimum atomic E-state index is -4.58. The third-order valence-electron chi connectivity index (χ3n) is 3.78. The predicted octanol–water partition coefficient (Wildman–Crippen LogP) is 4.24. The Morgan fingerprint density at radius 2 is 1.66 bits per heavy atom. The number of hydrogen-bond donors (Lipinski definition) is 2. The van der Waals surface area contributed by atoms with E-state index in [0.29, 0.717) is 12.5 Å². The molecular formula is C20H19F3N2O4. The monoisotopic (exact) mass is 408 g/mol. The van der Waals surface area contributed by atoms with E-state index in [1.165, 1.54) is 18.2 Å². The van der Waals surface area contributed by atoms with Crippen LogP contribution < -0.4 is 10.6 Å². The molecular weight excluding hydrogens is 389 g/mol. The number of alkyl halides is 3. The van der Waals surface area contributed by atoms with E-state index in [4.69, 9.17) is 4.74 Å². The highest BCUT2D eigenvalue weighted by atomic mass is 19.4. The van der Waals surface area contributed by atoms with Gasteiger partial charge in [-0.05, 0) is 36.8 Å². The van der Waals surface area contributed by atoms with Gasteiger partial charge in [0.05, 0.1) is 23.4 Å². The van der Waals surface area contributed by atoms with Crippen molar-refractivity contribution < 1.29 is 32.3 Å². The van der Waals surface area contributed by atoms with E-state index in [-0.39, 0.29) is 23.5 Å². The molecule has 2 rings (SSSR count). The summed E-state index contributed by atoms with van der Waals surface area (Å²) >= 11 is 0. The fraction of sp³-hybridized carbons (Fsp3) is 0.250. The SMILES string of the molecule is CCCCOC(=O)c1ccccc1NC(=O)C(=O)Nc1cccc(C(F)(F)F)c1. The second-order valence-electron chi connectivity index (χ2n) is 6.02. The molecule has 0 fully saturated rings. The van der Waals surface area contributed by atoms with Crippen molar-refractivity contribution in [2.24, 2.45) is 0 Å². The second-order valence-corrected chi connectivity index (χ2v) is 6.02. The molecule has 0 atom stereocenters. The van der Waals surface area contributed by atoms with Gasteiger partial charge in [-0.3, -0.25) is 9.59 Å². The van der Waals surface area contributed by atoms with Gasteiger partial charge in [0, 0.05) is 5.69 Å². The smallest absolute Gasteiger partial charge is 0.416 e.